The molecular weight excluding hydrogens is 1500 g/mol. The van der Waals surface area contributed by atoms with Gasteiger partial charge in [-0.3, -0.25) is 48.3 Å². The average molecular weight is 1610 g/mol. The van der Waals surface area contributed by atoms with Gasteiger partial charge in [-0.2, -0.15) is 0 Å². The second kappa shape index (κ2) is 37.2. The van der Waals surface area contributed by atoms with Gasteiger partial charge in [-0.15, -0.1) is 21.5 Å². The number of anilines is 4. The summed E-state index contributed by atoms with van der Waals surface area (Å²) in [5, 5.41) is 32.7. The first-order chi connectivity index (χ1) is 55.9. The third-order valence-corrected chi connectivity index (χ3v) is 24.2. The van der Waals surface area contributed by atoms with E-state index in [1.807, 2.05) is 123 Å². The quantitative estimate of drug-likeness (QED) is 0.0132. The maximum Gasteiger partial charge on any atom is 0.312 e. The fourth-order valence-corrected chi connectivity index (χ4v) is 17.4. The number of thiazole rings is 1. The zero-order valence-electron chi connectivity index (χ0n) is 66.5. The smallest absolute Gasteiger partial charge is 0.312 e. The van der Waals surface area contributed by atoms with Crippen molar-refractivity contribution in [2.24, 2.45) is 22.8 Å². The molecular formula is C83H105N19O13S. The van der Waals surface area contributed by atoms with Crippen LogP contribution in [0.2, 0.25) is 0 Å². The Morgan fingerprint density at radius 1 is 0.810 bits per heavy atom. The summed E-state index contributed by atoms with van der Waals surface area (Å²) in [6.07, 6.45) is 6.91. The minimum absolute atomic E-state index is 0.00264. The number of imide groups is 1. The number of aliphatic hydroxyl groups excluding tert-OH is 1. The van der Waals surface area contributed by atoms with Crippen LogP contribution in [0.4, 0.5) is 27.7 Å². The average Bonchev–Trinajstić information content (AvgIpc) is 1.56. The van der Waals surface area contributed by atoms with Crippen molar-refractivity contribution in [3.05, 3.63) is 144 Å². The van der Waals surface area contributed by atoms with Gasteiger partial charge in [0.15, 0.2) is 11.6 Å². The molecule has 0 radical (unpaired) electrons. The molecule has 4 saturated heterocycles. The monoisotopic (exact) mass is 1610 g/mol. The Morgan fingerprint density at radius 2 is 1.54 bits per heavy atom. The van der Waals surface area contributed by atoms with Crippen LogP contribution in [0.3, 0.4) is 0 Å². The van der Waals surface area contributed by atoms with Crippen LogP contribution in [0.25, 0.3) is 21.7 Å². The molecule has 5 fully saturated rings. The summed E-state index contributed by atoms with van der Waals surface area (Å²) in [5.74, 6) is -2.25. The molecule has 10 N–H and O–H groups in total. The summed E-state index contributed by atoms with van der Waals surface area (Å²) in [7, 11) is 1.76. The van der Waals surface area contributed by atoms with Crippen molar-refractivity contribution in [1.29, 1.82) is 0 Å². The van der Waals surface area contributed by atoms with E-state index in [4.69, 9.17) is 35.9 Å². The first kappa shape index (κ1) is 82.8. The molecule has 1 aliphatic carbocycles. The summed E-state index contributed by atoms with van der Waals surface area (Å²) >= 11 is 1.58. The van der Waals surface area contributed by atoms with E-state index in [1.54, 1.807) is 36.6 Å². The number of fused-ring (bicyclic) bond motifs is 2. The predicted molar refractivity (Wildman–Crippen MR) is 436 cm³/mol. The highest BCUT2D eigenvalue weighted by molar-refractivity contribution is 7.13. The molecule has 7 aromatic rings. The van der Waals surface area contributed by atoms with Crippen LogP contribution < -0.4 is 57.2 Å². The SMILES string of the molecule is Cc1ncsc1-c1ccc([C@H](C)NC(=O)[C@@H]2C[C@@H](O)CN2C(=O)[C@@H](c2cc(OCCN3CCN(CCOc4cc(N5C6CCC5CN(c5cc(-c7ccccc7OCc7ccc(NC(=O)[C@H](CCCNC(N)=O)N(CCN(C)CCN8C(=O)C=CC8=O)C(=O)C8(C(N)=O)CCC8)cc7)nnc5N)C6)ccn4)[C@H](C)C3)no2)C(C)C)cc1. The number of likely N-dealkylation sites (N-methyl/N-ethyl adjacent to an activating group) is 1. The lowest BCUT2D eigenvalue weighted by Crippen LogP contribution is -2.60. The van der Waals surface area contributed by atoms with E-state index in [1.165, 1.54) is 22.0 Å². The maximum absolute atomic E-state index is 14.6. The molecule has 116 heavy (non-hydrogen) atoms. The van der Waals surface area contributed by atoms with Crippen LogP contribution in [0.1, 0.15) is 114 Å². The topological polar surface area (TPSA) is 402 Å². The van der Waals surface area contributed by atoms with E-state index in [0.717, 1.165) is 82.6 Å². The van der Waals surface area contributed by atoms with Crippen LogP contribution in [0, 0.1) is 18.3 Å². The molecule has 1 saturated carbocycles. The Kier molecular flexibility index (Phi) is 26.6. The predicted octanol–water partition coefficient (Wildman–Crippen LogP) is 6.12. The number of nitrogens with two attached hydrogens (primary N) is 3. The number of nitrogen functional groups attached to an aromatic ring is 1. The second-order valence-corrected chi connectivity index (χ2v) is 32.3. The van der Waals surface area contributed by atoms with E-state index >= 15 is 0 Å². The number of aryl methyl sites for hydroxylation is 1. The molecule has 4 aromatic heterocycles. The van der Waals surface area contributed by atoms with Crippen LogP contribution in [-0.2, 0) is 40.2 Å². The minimum atomic E-state index is -1.49. The van der Waals surface area contributed by atoms with Crippen molar-refractivity contribution in [3.63, 3.8) is 0 Å². The number of hydrogen-bond acceptors (Lipinski definition) is 25. The van der Waals surface area contributed by atoms with Gasteiger partial charge in [0.05, 0.1) is 39.6 Å². The van der Waals surface area contributed by atoms with Gasteiger partial charge in [0.2, 0.25) is 35.4 Å². The number of nitrogens with one attached hydrogen (secondary N) is 3. The molecule has 0 spiro atoms. The lowest BCUT2D eigenvalue weighted by molar-refractivity contribution is -0.159. The number of para-hydroxylation sites is 1. The summed E-state index contributed by atoms with van der Waals surface area (Å²) in [5.41, 5.74) is 25.6. The molecule has 9 heterocycles. The van der Waals surface area contributed by atoms with Gasteiger partial charge >= 0.3 is 6.03 Å². The van der Waals surface area contributed by atoms with Crippen molar-refractivity contribution < 1.29 is 62.2 Å². The molecule has 13 rings (SSSR count). The second-order valence-electron chi connectivity index (χ2n) is 31.4. The summed E-state index contributed by atoms with van der Waals surface area (Å²) in [6.45, 7) is 16.9. The zero-order valence-corrected chi connectivity index (χ0v) is 67.3. The first-order valence-corrected chi connectivity index (χ1v) is 40.8. The third-order valence-electron chi connectivity index (χ3n) is 23.3. The van der Waals surface area contributed by atoms with Crippen LogP contribution in [-0.4, -0.2) is 249 Å². The van der Waals surface area contributed by atoms with E-state index in [0.29, 0.717) is 79.4 Å². The Bertz CT molecular complexity index is 4660. The Morgan fingerprint density at radius 3 is 2.23 bits per heavy atom. The van der Waals surface area contributed by atoms with Crippen LogP contribution in [0.15, 0.2) is 125 Å². The van der Waals surface area contributed by atoms with E-state index < -0.39 is 65.1 Å². The number of hydrogen-bond donors (Lipinski definition) is 7. The molecule has 9 amide bonds. The van der Waals surface area contributed by atoms with Crippen LogP contribution in [0.5, 0.6) is 17.5 Å². The van der Waals surface area contributed by atoms with Gasteiger partial charge in [0.1, 0.15) is 49.0 Å². The number of primary amides is 2. The number of rotatable bonds is 36. The van der Waals surface area contributed by atoms with Crippen molar-refractivity contribution in [2.75, 3.05) is 126 Å². The van der Waals surface area contributed by atoms with Crippen molar-refractivity contribution in [1.82, 2.24) is 65.4 Å². The van der Waals surface area contributed by atoms with E-state index in [9.17, 15) is 43.5 Å². The standard InChI is InChI=1S/C83H105N19O13S/c1-51(2)74(79(108)101-48-62(103)42-67(101)78(107)90-53(4)56-16-18-57(19-17-56)75-54(5)89-50-116-75)69-44-71(94-115-69)113-39-37-96-33-34-97(52(3)45-96)38-40-112-70-41-59(26-30-87-70)102-60-22-23-61(102)47-98(46-60)66-43-64(92-93-76(66)84)63-11-7-8-13-68(63)114-49-55-14-20-58(21-15-55)91-77(106)65(12-9-29-88-82(86)111)99(81(110)83(80(85)109)27-10-28-83)35-31-95(6)32-36-100-72(104)24-25-73(100)105/h7-8,11,13-21,24-26,30,41,43-44,50-53,60-62,65,67,74,103H,9-10,12,22-23,27-29,31-40,42,45-49H2,1-6H3,(H2,84,93)(H2,85,109)(H,90,107)(H,91,106)(H3,86,88,111)/t52-,53+,60?,61?,62-,65+,67+,74-/m1/s1. The molecule has 6 aliphatic rings. The highest BCUT2D eigenvalue weighted by Crippen LogP contribution is 2.44. The number of benzene rings is 3. The highest BCUT2D eigenvalue weighted by Gasteiger charge is 2.53. The van der Waals surface area contributed by atoms with Gasteiger partial charge < -0.3 is 81.5 Å². The van der Waals surface area contributed by atoms with E-state index in [-0.39, 0.29) is 126 Å². The third kappa shape index (κ3) is 19.4. The number of carbonyl (C=O) groups is 8. The van der Waals surface area contributed by atoms with Crippen molar-refractivity contribution >= 4 is 81.6 Å². The molecule has 8 atom stereocenters. The zero-order chi connectivity index (χ0) is 81.9. The molecule has 2 unspecified atom stereocenters. The van der Waals surface area contributed by atoms with Crippen molar-refractivity contribution in [2.45, 2.75) is 141 Å². The fourth-order valence-electron chi connectivity index (χ4n) is 16.6. The lowest BCUT2D eigenvalue weighted by atomic mass is 9.67. The normalized spacial score (nSPS) is 20.1. The minimum Gasteiger partial charge on any atom is -0.488 e. The van der Waals surface area contributed by atoms with E-state index in [2.05, 4.69) is 67.8 Å². The number of amides is 9. The van der Waals surface area contributed by atoms with Gasteiger partial charge in [-0.25, -0.2) is 14.8 Å². The highest BCUT2D eigenvalue weighted by atomic mass is 32.1. The fraction of sp³-hybridized carbons (Fsp3) is 0.482. The van der Waals surface area contributed by atoms with Gasteiger partial charge in [-0.1, -0.05) is 68.8 Å². The molecule has 33 heteroatoms. The van der Waals surface area contributed by atoms with Crippen molar-refractivity contribution in [3.8, 4) is 39.2 Å². The number of carbonyl (C=O) groups excluding carboxylic acids is 8. The summed E-state index contributed by atoms with van der Waals surface area (Å²) in [6, 6.07) is 28.0. The Labute approximate surface area is 678 Å². The number of aromatic nitrogens is 5. The van der Waals surface area contributed by atoms with Gasteiger partial charge in [-0.05, 0) is 131 Å². The number of nitrogens with zero attached hydrogens (tertiary/aromatic N) is 13. The number of pyridine rings is 1. The number of likely N-dealkylation sites (tertiary alicyclic amines) is 1. The molecule has 616 valence electrons. The Balaban J connectivity index is 0.561. The first-order valence-electron chi connectivity index (χ1n) is 40.0. The number of aliphatic hydroxyl groups is 1. The Hall–Kier alpha value is -11.1. The van der Waals surface area contributed by atoms with Gasteiger partial charge in [0, 0.05) is 157 Å². The summed E-state index contributed by atoms with van der Waals surface area (Å²) in [4.78, 5) is 132. The molecule has 3 aromatic carbocycles. The summed E-state index contributed by atoms with van der Waals surface area (Å²) < 4.78 is 24.8. The number of urea groups is 1. The molecule has 5 aliphatic heterocycles. The lowest BCUT2D eigenvalue weighted by Gasteiger charge is -2.43. The van der Waals surface area contributed by atoms with Gasteiger partial charge in [0.25, 0.3) is 17.7 Å². The maximum atomic E-state index is 14.6. The number of β-amino-alcohol motifs (C(OH)–C–C–N with tert-alkyl or cyclic N) is 1. The molecule has 32 nitrogen and oxygen atoms in total. The van der Waals surface area contributed by atoms with Crippen LogP contribution >= 0.6 is 11.3 Å². The number of piperazine rings is 2. The number of ether oxygens (including phenoxy) is 3. The molecule has 2 bridgehead atoms. The largest absolute Gasteiger partial charge is 0.488 e.